The van der Waals surface area contributed by atoms with Gasteiger partial charge in [-0.3, -0.25) is 0 Å². The maximum Gasteiger partial charge on any atom is 0.175 e. The van der Waals surface area contributed by atoms with Crippen LogP contribution in [0.3, 0.4) is 0 Å². The molecule has 1 aromatic heterocycles. The average molecular weight is 241 g/mol. The first-order chi connectivity index (χ1) is 7.70. The van der Waals surface area contributed by atoms with E-state index >= 15 is 0 Å². The van der Waals surface area contributed by atoms with Crippen molar-refractivity contribution in [3.8, 4) is 5.75 Å². The third-order valence-electron chi connectivity index (χ3n) is 2.21. The minimum Gasteiger partial charge on any atom is -0.492 e. The van der Waals surface area contributed by atoms with Crippen molar-refractivity contribution in [2.45, 2.75) is 6.54 Å². The van der Waals surface area contributed by atoms with E-state index in [0.717, 1.165) is 5.56 Å². The van der Waals surface area contributed by atoms with E-state index in [-0.39, 0.29) is 5.82 Å². The van der Waals surface area contributed by atoms with E-state index in [9.17, 15) is 4.39 Å². The molecule has 5 heteroatoms. The van der Waals surface area contributed by atoms with Gasteiger partial charge >= 0.3 is 0 Å². The van der Waals surface area contributed by atoms with Crippen LogP contribution in [-0.2, 0) is 6.54 Å². The highest BCUT2D eigenvalue weighted by Crippen LogP contribution is 2.23. The molecule has 84 valence electrons. The Morgan fingerprint density at radius 2 is 2.06 bits per heavy atom. The molecule has 0 unspecified atom stereocenters. The summed E-state index contributed by atoms with van der Waals surface area (Å²) in [6, 6.07) is 6.20. The van der Waals surface area contributed by atoms with Gasteiger partial charge in [-0.25, -0.2) is 9.07 Å². The van der Waals surface area contributed by atoms with Crippen molar-refractivity contribution in [3.63, 3.8) is 0 Å². The van der Waals surface area contributed by atoms with Gasteiger partial charge < -0.3 is 4.74 Å². The molecule has 2 aromatic rings. The van der Waals surface area contributed by atoms with Crippen LogP contribution in [0.5, 0.6) is 5.75 Å². The van der Waals surface area contributed by atoms with Crippen molar-refractivity contribution in [2.75, 3.05) is 7.11 Å². The SMILES string of the molecule is COc1cnn(Cc2ccc(F)cc2)c1Cl. The molecular formula is C11H10ClFN2O. The standard InChI is InChI=1S/C11H10ClFN2O/c1-16-10-6-14-15(11(10)12)7-8-2-4-9(13)5-3-8/h2-6H,7H2,1H3. The van der Waals surface area contributed by atoms with Crippen molar-refractivity contribution in [1.82, 2.24) is 9.78 Å². The van der Waals surface area contributed by atoms with Gasteiger partial charge in [0, 0.05) is 0 Å². The molecule has 0 aliphatic heterocycles. The Morgan fingerprint density at radius 1 is 1.38 bits per heavy atom. The van der Waals surface area contributed by atoms with Gasteiger partial charge in [-0.05, 0) is 17.7 Å². The van der Waals surface area contributed by atoms with Crippen LogP contribution in [0.4, 0.5) is 4.39 Å². The molecular weight excluding hydrogens is 231 g/mol. The molecule has 0 spiro atoms. The van der Waals surface area contributed by atoms with Crippen LogP contribution in [0, 0.1) is 5.82 Å². The number of hydrogen-bond acceptors (Lipinski definition) is 2. The second-order valence-corrected chi connectivity index (χ2v) is 3.65. The molecule has 0 aliphatic rings. The largest absolute Gasteiger partial charge is 0.492 e. The quantitative estimate of drug-likeness (QED) is 0.825. The number of hydrogen-bond donors (Lipinski definition) is 0. The second-order valence-electron chi connectivity index (χ2n) is 3.29. The molecule has 0 aliphatic carbocycles. The molecule has 16 heavy (non-hydrogen) atoms. The van der Waals surface area contributed by atoms with Crippen LogP contribution in [0.25, 0.3) is 0 Å². The highest BCUT2D eigenvalue weighted by molar-refractivity contribution is 6.31. The van der Waals surface area contributed by atoms with Gasteiger partial charge in [0.2, 0.25) is 0 Å². The Bertz CT molecular complexity index is 481. The fourth-order valence-electron chi connectivity index (χ4n) is 1.36. The molecule has 3 nitrogen and oxygen atoms in total. The van der Waals surface area contributed by atoms with Gasteiger partial charge in [-0.15, -0.1) is 0 Å². The highest BCUT2D eigenvalue weighted by Gasteiger charge is 2.08. The zero-order valence-electron chi connectivity index (χ0n) is 8.65. The van der Waals surface area contributed by atoms with Gasteiger partial charge in [0.25, 0.3) is 0 Å². The summed E-state index contributed by atoms with van der Waals surface area (Å²) in [5.41, 5.74) is 0.925. The van der Waals surface area contributed by atoms with E-state index in [1.54, 1.807) is 23.0 Å². The summed E-state index contributed by atoms with van der Waals surface area (Å²) in [4.78, 5) is 0. The zero-order chi connectivity index (χ0) is 11.5. The van der Waals surface area contributed by atoms with E-state index in [4.69, 9.17) is 16.3 Å². The smallest absolute Gasteiger partial charge is 0.175 e. The maximum absolute atomic E-state index is 12.7. The number of benzene rings is 1. The first-order valence-corrected chi connectivity index (χ1v) is 5.08. The lowest BCUT2D eigenvalue weighted by Gasteiger charge is -2.03. The van der Waals surface area contributed by atoms with Crippen molar-refractivity contribution >= 4 is 11.6 Å². The first kappa shape index (κ1) is 11.0. The molecule has 0 saturated heterocycles. The third kappa shape index (κ3) is 2.17. The van der Waals surface area contributed by atoms with Crippen LogP contribution in [0.15, 0.2) is 30.5 Å². The van der Waals surface area contributed by atoms with Crippen LogP contribution in [0.2, 0.25) is 5.15 Å². The van der Waals surface area contributed by atoms with Gasteiger partial charge in [0.1, 0.15) is 5.82 Å². The zero-order valence-corrected chi connectivity index (χ0v) is 9.41. The fraction of sp³-hybridized carbons (Fsp3) is 0.182. The van der Waals surface area contributed by atoms with Crippen LogP contribution >= 0.6 is 11.6 Å². The van der Waals surface area contributed by atoms with Gasteiger partial charge in [-0.2, -0.15) is 5.10 Å². The minimum absolute atomic E-state index is 0.257. The number of halogens is 2. The summed E-state index contributed by atoms with van der Waals surface area (Å²) in [5.74, 6) is 0.275. The van der Waals surface area contributed by atoms with Gasteiger partial charge in [-0.1, -0.05) is 23.7 Å². The van der Waals surface area contributed by atoms with Crippen molar-refractivity contribution in [3.05, 3.63) is 47.0 Å². The highest BCUT2D eigenvalue weighted by atomic mass is 35.5. The normalized spacial score (nSPS) is 10.4. The first-order valence-electron chi connectivity index (χ1n) is 4.70. The minimum atomic E-state index is -0.257. The number of ether oxygens (including phenoxy) is 1. The Morgan fingerprint density at radius 3 is 2.62 bits per heavy atom. The predicted molar refractivity (Wildman–Crippen MR) is 59.3 cm³/mol. The van der Waals surface area contributed by atoms with Crippen LogP contribution in [-0.4, -0.2) is 16.9 Å². The Balaban J connectivity index is 2.20. The van der Waals surface area contributed by atoms with E-state index in [1.807, 2.05) is 0 Å². The summed E-state index contributed by atoms with van der Waals surface area (Å²) < 4.78 is 19.3. The molecule has 0 radical (unpaired) electrons. The Kier molecular flexibility index (Phi) is 3.10. The molecule has 1 heterocycles. The molecule has 1 aromatic carbocycles. The lowest BCUT2D eigenvalue weighted by Crippen LogP contribution is -2.01. The average Bonchev–Trinajstić information content (AvgIpc) is 2.63. The Labute approximate surface area is 97.4 Å². The number of nitrogens with zero attached hydrogens (tertiary/aromatic N) is 2. The second kappa shape index (κ2) is 4.53. The van der Waals surface area contributed by atoms with Crippen LogP contribution in [0.1, 0.15) is 5.56 Å². The summed E-state index contributed by atoms with van der Waals surface area (Å²) in [7, 11) is 1.53. The predicted octanol–water partition coefficient (Wildman–Crippen LogP) is 2.73. The van der Waals surface area contributed by atoms with E-state index in [2.05, 4.69) is 5.10 Å². The summed E-state index contributed by atoms with van der Waals surface area (Å²) in [5, 5.41) is 4.51. The molecule has 0 N–H and O–H groups in total. The topological polar surface area (TPSA) is 27.1 Å². The number of aromatic nitrogens is 2. The molecule has 0 amide bonds. The van der Waals surface area contributed by atoms with Crippen molar-refractivity contribution in [2.24, 2.45) is 0 Å². The van der Waals surface area contributed by atoms with E-state index in [0.29, 0.717) is 17.4 Å². The summed E-state index contributed by atoms with van der Waals surface area (Å²) in [6.45, 7) is 0.489. The van der Waals surface area contributed by atoms with E-state index < -0.39 is 0 Å². The third-order valence-corrected chi connectivity index (χ3v) is 2.59. The fourth-order valence-corrected chi connectivity index (χ4v) is 1.59. The lowest BCUT2D eigenvalue weighted by atomic mass is 10.2. The monoisotopic (exact) mass is 240 g/mol. The molecule has 0 fully saturated rings. The van der Waals surface area contributed by atoms with E-state index in [1.165, 1.54) is 19.2 Å². The van der Waals surface area contributed by atoms with Gasteiger partial charge in [0.15, 0.2) is 10.9 Å². The molecule has 0 atom stereocenters. The molecule has 0 saturated carbocycles. The maximum atomic E-state index is 12.7. The summed E-state index contributed by atoms with van der Waals surface area (Å²) >= 11 is 6.01. The number of rotatable bonds is 3. The van der Waals surface area contributed by atoms with Crippen molar-refractivity contribution < 1.29 is 9.13 Å². The molecule has 0 bridgehead atoms. The molecule has 2 rings (SSSR count). The summed E-state index contributed by atoms with van der Waals surface area (Å²) in [6.07, 6.45) is 1.55. The number of methoxy groups -OCH3 is 1. The Hall–Kier alpha value is -1.55. The van der Waals surface area contributed by atoms with Gasteiger partial charge in [0.05, 0.1) is 19.9 Å². The van der Waals surface area contributed by atoms with Crippen molar-refractivity contribution in [1.29, 1.82) is 0 Å². The van der Waals surface area contributed by atoms with Crippen LogP contribution < -0.4 is 4.74 Å². The lowest BCUT2D eigenvalue weighted by molar-refractivity contribution is 0.414.